The first-order valence-electron chi connectivity index (χ1n) is 8.33. The van der Waals surface area contributed by atoms with E-state index in [1.807, 2.05) is 20.8 Å². The molecule has 0 saturated heterocycles. The van der Waals surface area contributed by atoms with Crippen molar-refractivity contribution < 1.29 is 9.53 Å². The number of hydrogen-bond acceptors (Lipinski definition) is 3. The number of ether oxygens (including phenoxy) is 1. The third-order valence-corrected chi connectivity index (χ3v) is 3.35. The van der Waals surface area contributed by atoms with Gasteiger partial charge in [0.25, 0.3) is 0 Å². The summed E-state index contributed by atoms with van der Waals surface area (Å²) in [6.45, 7) is 13.9. The molecule has 4 heteroatoms. The van der Waals surface area contributed by atoms with Crippen LogP contribution in [0, 0.1) is 5.92 Å². The fourth-order valence-corrected chi connectivity index (χ4v) is 2.15. The van der Waals surface area contributed by atoms with Gasteiger partial charge in [-0.1, -0.05) is 33.1 Å². The molecule has 2 unspecified atom stereocenters. The quantitative estimate of drug-likeness (QED) is 0.653. The predicted octanol–water partition coefficient (Wildman–Crippen LogP) is 4.05. The van der Waals surface area contributed by atoms with Crippen LogP contribution in [0.3, 0.4) is 0 Å². The molecule has 4 nitrogen and oxygen atoms in total. The second-order valence-corrected chi connectivity index (χ2v) is 7.27. The first kappa shape index (κ1) is 20.2. The number of carbonyl (C=O) groups is 1. The Bertz CT molecular complexity index is 287. The highest BCUT2D eigenvalue weighted by molar-refractivity contribution is 5.67. The van der Waals surface area contributed by atoms with E-state index in [1.54, 1.807) is 11.9 Å². The Kier molecular flexibility index (Phi) is 9.67. The Labute approximate surface area is 131 Å². The minimum Gasteiger partial charge on any atom is -0.444 e. The monoisotopic (exact) mass is 300 g/mol. The maximum absolute atomic E-state index is 11.9. The minimum absolute atomic E-state index is 0.245. The SMILES string of the molecule is CCCCCC(C)NCC(C)CN(C)C(=O)OC(C)(C)C. The fourth-order valence-electron chi connectivity index (χ4n) is 2.15. The van der Waals surface area contributed by atoms with Crippen LogP contribution < -0.4 is 5.32 Å². The van der Waals surface area contributed by atoms with E-state index < -0.39 is 5.60 Å². The van der Waals surface area contributed by atoms with Gasteiger partial charge in [-0.3, -0.25) is 0 Å². The molecule has 0 fully saturated rings. The zero-order chi connectivity index (χ0) is 16.5. The summed E-state index contributed by atoms with van der Waals surface area (Å²) in [6.07, 6.45) is 4.84. The Morgan fingerprint density at radius 1 is 1.24 bits per heavy atom. The van der Waals surface area contributed by atoms with Crippen LogP contribution >= 0.6 is 0 Å². The van der Waals surface area contributed by atoms with Crippen molar-refractivity contribution in [3.05, 3.63) is 0 Å². The Morgan fingerprint density at radius 2 is 1.86 bits per heavy atom. The molecular weight excluding hydrogens is 264 g/mol. The van der Waals surface area contributed by atoms with Crippen molar-refractivity contribution >= 4 is 6.09 Å². The lowest BCUT2D eigenvalue weighted by molar-refractivity contribution is 0.0276. The summed E-state index contributed by atoms with van der Waals surface area (Å²) in [4.78, 5) is 13.6. The molecule has 0 radical (unpaired) electrons. The van der Waals surface area contributed by atoms with Crippen LogP contribution in [0.25, 0.3) is 0 Å². The minimum atomic E-state index is -0.430. The third-order valence-electron chi connectivity index (χ3n) is 3.35. The zero-order valence-electron chi connectivity index (χ0n) is 15.2. The normalized spacial score (nSPS) is 14.6. The first-order valence-corrected chi connectivity index (χ1v) is 8.33. The lowest BCUT2D eigenvalue weighted by atomic mass is 10.1. The molecule has 0 saturated carbocycles. The van der Waals surface area contributed by atoms with Gasteiger partial charge in [0.1, 0.15) is 5.60 Å². The second-order valence-electron chi connectivity index (χ2n) is 7.27. The van der Waals surface area contributed by atoms with E-state index in [0.717, 1.165) is 6.54 Å². The molecule has 0 aliphatic rings. The molecule has 1 amide bonds. The maximum Gasteiger partial charge on any atom is 0.410 e. The Balaban J connectivity index is 3.92. The van der Waals surface area contributed by atoms with E-state index in [1.165, 1.54) is 25.7 Å². The maximum atomic E-state index is 11.9. The molecule has 0 bridgehead atoms. The lowest BCUT2D eigenvalue weighted by Crippen LogP contribution is -2.39. The van der Waals surface area contributed by atoms with Crippen LogP contribution in [0.5, 0.6) is 0 Å². The number of nitrogens with zero attached hydrogens (tertiary/aromatic N) is 1. The van der Waals surface area contributed by atoms with E-state index in [0.29, 0.717) is 18.5 Å². The van der Waals surface area contributed by atoms with Crippen LogP contribution in [0.4, 0.5) is 4.79 Å². The highest BCUT2D eigenvalue weighted by atomic mass is 16.6. The molecule has 0 aliphatic heterocycles. The molecule has 0 aromatic rings. The molecule has 0 rings (SSSR count). The number of amides is 1. The van der Waals surface area contributed by atoms with Crippen molar-refractivity contribution in [2.75, 3.05) is 20.1 Å². The van der Waals surface area contributed by atoms with Gasteiger partial charge in [-0.15, -0.1) is 0 Å². The average molecular weight is 300 g/mol. The van der Waals surface area contributed by atoms with Crippen molar-refractivity contribution in [3.63, 3.8) is 0 Å². The summed E-state index contributed by atoms with van der Waals surface area (Å²) in [5, 5.41) is 3.56. The molecule has 1 N–H and O–H groups in total. The number of carbonyl (C=O) groups excluding carboxylic acids is 1. The molecule has 126 valence electrons. The van der Waals surface area contributed by atoms with Crippen LogP contribution in [0.15, 0.2) is 0 Å². The van der Waals surface area contributed by atoms with E-state index >= 15 is 0 Å². The second kappa shape index (κ2) is 10.0. The van der Waals surface area contributed by atoms with E-state index in [4.69, 9.17) is 4.74 Å². The number of hydrogen-bond donors (Lipinski definition) is 1. The summed E-state index contributed by atoms with van der Waals surface area (Å²) in [5.74, 6) is 0.413. The van der Waals surface area contributed by atoms with Gasteiger partial charge in [-0.2, -0.15) is 0 Å². The van der Waals surface area contributed by atoms with Gasteiger partial charge in [-0.05, 0) is 46.6 Å². The fraction of sp³-hybridized carbons (Fsp3) is 0.941. The van der Waals surface area contributed by atoms with Gasteiger partial charge in [-0.25, -0.2) is 4.79 Å². The van der Waals surface area contributed by atoms with Crippen LogP contribution in [-0.4, -0.2) is 42.8 Å². The molecule has 0 spiro atoms. The van der Waals surface area contributed by atoms with E-state index in [2.05, 4.69) is 26.1 Å². The first-order chi connectivity index (χ1) is 9.65. The van der Waals surface area contributed by atoms with Gasteiger partial charge < -0.3 is 15.0 Å². The zero-order valence-corrected chi connectivity index (χ0v) is 15.2. The summed E-state index contributed by atoms with van der Waals surface area (Å²) < 4.78 is 5.36. The van der Waals surface area contributed by atoms with Crippen molar-refractivity contribution in [1.29, 1.82) is 0 Å². The molecule has 0 heterocycles. The largest absolute Gasteiger partial charge is 0.444 e. The smallest absolute Gasteiger partial charge is 0.410 e. The molecule has 0 aromatic carbocycles. The summed E-state index contributed by atoms with van der Waals surface area (Å²) in [5.41, 5.74) is -0.430. The highest BCUT2D eigenvalue weighted by Crippen LogP contribution is 2.10. The van der Waals surface area contributed by atoms with Gasteiger partial charge in [0, 0.05) is 19.6 Å². The summed E-state index contributed by atoms with van der Waals surface area (Å²) >= 11 is 0. The van der Waals surface area contributed by atoms with Crippen LogP contribution in [0.2, 0.25) is 0 Å². The number of rotatable bonds is 9. The van der Waals surface area contributed by atoms with Gasteiger partial charge >= 0.3 is 6.09 Å². The Hall–Kier alpha value is -0.770. The van der Waals surface area contributed by atoms with Crippen molar-refractivity contribution in [3.8, 4) is 0 Å². The van der Waals surface area contributed by atoms with E-state index in [9.17, 15) is 4.79 Å². The standard InChI is InChI=1S/C17H36N2O2/c1-8-9-10-11-15(3)18-12-14(2)13-19(7)16(20)21-17(4,5)6/h14-15,18H,8-13H2,1-7H3. The molecule has 21 heavy (non-hydrogen) atoms. The predicted molar refractivity (Wildman–Crippen MR) is 89.6 cm³/mol. The van der Waals surface area contributed by atoms with Gasteiger partial charge in [0.15, 0.2) is 0 Å². The molecule has 0 aliphatic carbocycles. The Morgan fingerprint density at radius 3 is 2.38 bits per heavy atom. The third kappa shape index (κ3) is 11.6. The van der Waals surface area contributed by atoms with Gasteiger partial charge in [0.2, 0.25) is 0 Å². The van der Waals surface area contributed by atoms with Crippen molar-refractivity contribution in [2.24, 2.45) is 5.92 Å². The van der Waals surface area contributed by atoms with Gasteiger partial charge in [0.05, 0.1) is 0 Å². The lowest BCUT2D eigenvalue weighted by Gasteiger charge is -2.27. The molecule has 0 aromatic heterocycles. The van der Waals surface area contributed by atoms with Crippen LogP contribution in [-0.2, 0) is 4.74 Å². The summed E-state index contributed by atoms with van der Waals surface area (Å²) in [6, 6.07) is 0.547. The highest BCUT2D eigenvalue weighted by Gasteiger charge is 2.20. The number of unbranched alkanes of at least 4 members (excludes halogenated alkanes) is 2. The topological polar surface area (TPSA) is 41.6 Å². The molecule has 2 atom stereocenters. The molecular formula is C17H36N2O2. The average Bonchev–Trinajstić information content (AvgIpc) is 2.34. The van der Waals surface area contributed by atoms with Crippen LogP contribution in [0.1, 0.15) is 67.2 Å². The van der Waals surface area contributed by atoms with Crippen molar-refractivity contribution in [2.45, 2.75) is 78.9 Å². The van der Waals surface area contributed by atoms with E-state index in [-0.39, 0.29) is 6.09 Å². The summed E-state index contributed by atoms with van der Waals surface area (Å²) in [7, 11) is 1.80. The number of nitrogens with one attached hydrogen (secondary N) is 1. The van der Waals surface area contributed by atoms with Crippen molar-refractivity contribution in [1.82, 2.24) is 10.2 Å².